The molecule has 0 saturated carbocycles. The van der Waals surface area contributed by atoms with Crippen LogP contribution in [0.2, 0.25) is 5.02 Å². The molecule has 1 amide bonds. The minimum absolute atomic E-state index is 0.0735. The van der Waals surface area contributed by atoms with E-state index < -0.39 is 53.7 Å². The Bertz CT molecular complexity index is 1910. The van der Waals surface area contributed by atoms with Gasteiger partial charge in [-0.1, -0.05) is 22.9 Å². The zero-order valence-corrected chi connectivity index (χ0v) is 23.7. The van der Waals surface area contributed by atoms with E-state index in [1.165, 1.54) is 47.4 Å². The first kappa shape index (κ1) is 32.4. The molecule has 0 spiro atoms. The quantitative estimate of drug-likeness (QED) is 0.116. The molecular weight excluding hydrogens is 651 g/mol. The van der Waals surface area contributed by atoms with E-state index in [1.807, 2.05) is 0 Å². The fourth-order valence-electron chi connectivity index (χ4n) is 4.65. The van der Waals surface area contributed by atoms with E-state index >= 15 is 4.39 Å². The molecule has 46 heavy (non-hydrogen) atoms. The zero-order chi connectivity index (χ0) is 33.3. The molecule has 10 nitrogen and oxygen atoms in total. The van der Waals surface area contributed by atoms with Gasteiger partial charge in [0.2, 0.25) is 5.69 Å². The van der Waals surface area contributed by atoms with Crippen LogP contribution in [0, 0.1) is 16.8 Å². The van der Waals surface area contributed by atoms with Crippen LogP contribution in [0.25, 0.3) is 27.9 Å². The van der Waals surface area contributed by atoms with Gasteiger partial charge in [-0.2, -0.15) is 31.8 Å². The van der Waals surface area contributed by atoms with Gasteiger partial charge in [-0.05, 0) is 35.9 Å². The van der Waals surface area contributed by atoms with Crippen molar-refractivity contribution < 1.29 is 45.0 Å². The molecule has 0 saturated heterocycles. The Morgan fingerprint density at radius 3 is 2.43 bits per heavy atom. The fraction of sp³-hybridized carbons (Fsp3) is 0.179. The molecule has 0 unspecified atom stereocenters. The third kappa shape index (κ3) is 6.64. The molecule has 2 aromatic carbocycles. The van der Waals surface area contributed by atoms with Crippen molar-refractivity contribution >= 4 is 17.5 Å². The summed E-state index contributed by atoms with van der Waals surface area (Å²) >= 11 is 5.95. The highest BCUT2D eigenvalue weighted by atomic mass is 35.5. The molecule has 18 heteroatoms. The number of alkyl halides is 5. The number of pyridine rings is 1. The summed E-state index contributed by atoms with van der Waals surface area (Å²) in [6.45, 7) is -3.64. The van der Waals surface area contributed by atoms with Crippen molar-refractivity contribution in [3.05, 3.63) is 106 Å². The van der Waals surface area contributed by atoms with Crippen LogP contribution >= 0.6 is 11.6 Å². The van der Waals surface area contributed by atoms with Crippen LogP contribution in [-0.2, 0) is 10.9 Å². The Morgan fingerprint density at radius 2 is 1.80 bits per heavy atom. The number of carbonyl (C=O) groups is 1. The molecule has 0 fully saturated rings. The van der Waals surface area contributed by atoms with Crippen LogP contribution < -0.4 is 10.5 Å². The van der Waals surface area contributed by atoms with E-state index in [-0.39, 0.29) is 40.1 Å². The minimum Gasteiger partial charge on any atom is -0.618 e. The Hall–Kier alpha value is -5.03. The van der Waals surface area contributed by atoms with Gasteiger partial charge >= 0.3 is 12.8 Å². The largest absolute Gasteiger partial charge is 0.618 e. The van der Waals surface area contributed by atoms with Crippen molar-refractivity contribution in [3.8, 4) is 27.9 Å². The van der Waals surface area contributed by atoms with Crippen LogP contribution in [0.3, 0.4) is 0 Å². The maximum atomic E-state index is 15.4. The lowest BCUT2D eigenvalue weighted by Gasteiger charge is -2.18. The summed E-state index contributed by atoms with van der Waals surface area (Å²) in [6.07, 6.45) is -0.884. The molecule has 2 N–H and O–H groups in total. The Morgan fingerprint density at radius 1 is 1.07 bits per heavy atom. The molecule has 0 aliphatic carbocycles. The molecule has 1 atom stereocenters. The molecule has 0 aliphatic rings. The highest BCUT2D eigenvalue weighted by molar-refractivity contribution is 6.31. The van der Waals surface area contributed by atoms with Gasteiger partial charge in [0.25, 0.3) is 5.91 Å². The lowest BCUT2D eigenvalue weighted by atomic mass is 10.0. The number of rotatable bonds is 10. The number of aromatic nitrogens is 6. The van der Waals surface area contributed by atoms with Gasteiger partial charge in [-0.25, -0.2) is 13.5 Å². The van der Waals surface area contributed by atoms with Crippen LogP contribution in [-0.4, -0.2) is 43.9 Å². The first-order valence-corrected chi connectivity index (χ1v) is 13.4. The van der Waals surface area contributed by atoms with E-state index in [9.17, 15) is 36.3 Å². The Kier molecular flexibility index (Phi) is 8.98. The third-order valence-electron chi connectivity index (χ3n) is 6.80. The number of benzene rings is 2. The molecule has 240 valence electrons. The topological polar surface area (TPSA) is 128 Å². The van der Waals surface area contributed by atoms with Crippen LogP contribution in [0.5, 0.6) is 0 Å². The van der Waals surface area contributed by atoms with Crippen LogP contribution in [0.4, 0.5) is 30.7 Å². The Balaban J connectivity index is 1.54. The standard InChI is InChI=1S/C28H19ClF7N7O3/c29-18-4-6-22(42-13-23(39-40-42)28(34,35)36)24(25(18)31)15-2-5-21(43(45)12-15)20(7-8-46-27(32)33)41-11-16(10-38-41)14-1-3-17(26(37)44)19(30)9-14/h1-6,9-13,20,27H,7-8H2,(H2,37,44)/t20-/m1/s1. The molecule has 5 aromatic rings. The second kappa shape index (κ2) is 12.8. The summed E-state index contributed by atoms with van der Waals surface area (Å²) in [5, 5.41) is 23.7. The summed E-state index contributed by atoms with van der Waals surface area (Å²) in [5.74, 6) is -2.93. The molecule has 5 rings (SSSR count). The molecule has 0 bridgehead atoms. The van der Waals surface area contributed by atoms with Crippen molar-refractivity contribution in [2.45, 2.75) is 25.3 Å². The number of halogens is 8. The number of hydrogen-bond acceptors (Lipinski definition) is 6. The minimum atomic E-state index is -4.83. The predicted octanol–water partition coefficient (Wildman–Crippen LogP) is 5.70. The summed E-state index contributed by atoms with van der Waals surface area (Å²) in [4.78, 5) is 11.4. The van der Waals surface area contributed by atoms with E-state index in [0.717, 1.165) is 18.3 Å². The van der Waals surface area contributed by atoms with Gasteiger partial charge in [0.15, 0.2) is 17.7 Å². The van der Waals surface area contributed by atoms with Crippen molar-refractivity contribution in [2.24, 2.45) is 5.73 Å². The van der Waals surface area contributed by atoms with Crippen molar-refractivity contribution in [2.75, 3.05) is 6.61 Å². The van der Waals surface area contributed by atoms with Gasteiger partial charge in [-0.3, -0.25) is 9.48 Å². The van der Waals surface area contributed by atoms with E-state index in [1.54, 1.807) is 0 Å². The van der Waals surface area contributed by atoms with Gasteiger partial charge in [0.1, 0.15) is 11.9 Å². The highest BCUT2D eigenvalue weighted by Crippen LogP contribution is 2.35. The summed E-state index contributed by atoms with van der Waals surface area (Å²) in [6, 6.07) is 7.36. The number of ether oxygens (including phenoxy) is 1. The van der Waals surface area contributed by atoms with Crippen molar-refractivity contribution in [1.29, 1.82) is 0 Å². The van der Waals surface area contributed by atoms with Crippen molar-refractivity contribution in [3.63, 3.8) is 0 Å². The number of carbonyl (C=O) groups excluding carboxylic acids is 1. The average Bonchev–Trinajstić information content (AvgIpc) is 3.68. The monoisotopic (exact) mass is 669 g/mol. The third-order valence-corrected chi connectivity index (χ3v) is 7.09. The average molecular weight is 670 g/mol. The molecule has 0 radical (unpaired) electrons. The molecule has 0 aliphatic heterocycles. The maximum absolute atomic E-state index is 15.4. The molecular formula is C28H19ClF7N7O3. The second-order valence-corrected chi connectivity index (χ2v) is 10.1. The normalized spacial score (nSPS) is 12.5. The van der Waals surface area contributed by atoms with Crippen LogP contribution in [0.1, 0.15) is 34.2 Å². The molecule has 3 heterocycles. The first-order chi connectivity index (χ1) is 21.7. The van der Waals surface area contributed by atoms with Gasteiger partial charge in [0, 0.05) is 24.2 Å². The number of nitrogens with zero attached hydrogens (tertiary/aromatic N) is 6. The zero-order valence-electron chi connectivity index (χ0n) is 22.9. The number of nitrogens with two attached hydrogens (primary N) is 1. The van der Waals surface area contributed by atoms with Crippen molar-refractivity contribution in [1.82, 2.24) is 24.8 Å². The van der Waals surface area contributed by atoms with E-state index in [4.69, 9.17) is 17.3 Å². The second-order valence-electron chi connectivity index (χ2n) is 9.67. The summed E-state index contributed by atoms with van der Waals surface area (Å²) < 4.78 is 101. The Labute approximate surface area is 259 Å². The fourth-order valence-corrected chi connectivity index (χ4v) is 4.81. The predicted molar refractivity (Wildman–Crippen MR) is 147 cm³/mol. The number of primary amides is 1. The van der Waals surface area contributed by atoms with Gasteiger partial charge in [0.05, 0.1) is 46.4 Å². The first-order valence-electron chi connectivity index (χ1n) is 13.0. The SMILES string of the molecule is NC(=O)c1ccc(-c2cnn([C@H](CCOC(F)F)c3ccc(-c4c(-n5cc(C(F)(F)F)nn5)ccc(Cl)c4F)c[n+]3[O-])c2)cc1F. The van der Waals surface area contributed by atoms with E-state index in [0.29, 0.717) is 21.2 Å². The summed E-state index contributed by atoms with van der Waals surface area (Å²) in [7, 11) is 0. The van der Waals surface area contributed by atoms with Gasteiger partial charge in [-0.15, -0.1) is 5.10 Å². The maximum Gasteiger partial charge on any atom is 0.436 e. The number of amides is 1. The summed E-state index contributed by atoms with van der Waals surface area (Å²) in [5.41, 5.74) is 3.30. The lowest BCUT2D eigenvalue weighted by Crippen LogP contribution is -2.36. The van der Waals surface area contributed by atoms with E-state index in [2.05, 4.69) is 20.1 Å². The van der Waals surface area contributed by atoms with Crippen LogP contribution in [0.15, 0.2) is 67.3 Å². The molecule has 3 aromatic heterocycles. The smallest absolute Gasteiger partial charge is 0.436 e. The number of hydrogen-bond donors (Lipinski definition) is 1. The lowest BCUT2D eigenvalue weighted by molar-refractivity contribution is -0.615. The van der Waals surface area contributed by atoms with Gasteiger partial charge < -0.3 is 15.7 Å². The highest BCUT2D eigenvalue weighted by Gasteiger charge is 2.35.